The molecule has 0 N–H and O–H groups in total. The van der Waals surface area contributed by atoms with Gasteiger partial charge in [0.15, 0.2) is 0 Å². The van der Waals surface area contributed by atoms with Crippen molar-refractivity contribution in [3.63, 3.8) is 0 Å². The van der Waals surface area contributed by atoms with Crippen molar-refractivity contribution in [1.29, 1.82) is 0 Å². The van der Waals surface area contributed by atoms with Crippen molar-refractivity contribution in [3.8, 4) is 5.75 Å². The van der Waals surface area contributed by atoms with E-state index in [0.29, 0.717) is 4.90 Å². The highest BCUT2D eigenvalue weighted by Crippen LogP contribution is 2.24. The Morgan fingerprint density at radius 1 is 1.30 bits per heavy atom. The minimum absolute atomic E-state index is 0.207. The summed E-state index contributed by atoms with van der Waals surface area (Å²) in [6.07, 6.45) is -4.57. The van der Waals surface area contributed by atoms with Crippen LogP contribution in [0.3, 0.4) is 0 Å². The molecule has 0 heterocycles. The number of carbonyl (C=O) groups excluding carboxylic acids is 1. The average Bonchev–Trinajstić information content (AvgIpc) is 2.34. The van der Waals surface area contributed by atoms with Crippen molar-refractivity contribution in [3.05, 3.63) is 29.8 Å². The fourth-order valence-corrected chi connectivity index (χ4v) is 1.56. The topological polar surface area (TPSA) is 29.5 Å². The molecule has 0 unspecified atom stereocenters. The molecule has 0 aliphatic heterocycles. The maximum atomic E-state index is 12.3. The lowest BCUT2D eigenvalue weighted by Crippen LogP contribution is -2.39. The van der Waals surface area contributed by atoms with Crippen molar-refractivity contribution in [1.82, 2.24) is 4.90 Å². The summed E-state index contributed by atoms with van der Waals surface area (Å²) in [5.41, 5.74) is -0.334. The first-order chi connectivity index (χ1) is 9.24. The minimum Gasteiger partial charge on any atom is -0.434 e. The van der Waals surface area contributed by atoms with Crippen LogP contribution in [0, 0.1) is 0 Å². The van der Waals surface area contributed by atoms with Gasteiger partial charge < -0.3 is 9.64 Å². The van der Waals surface area contributed by atoms with Crippen LogP contribution in [0.15, 0.2) is 24.3 Å². The third-order valence-corrected chi connectivity index (χ3v) is 2.37. The van der Waals surface area contributed by atoms with Gasteiger partial charge in [-0.3, -0.25) is 4.79 Å². The van der Waals surface area contributed by atoms with E-state index in [1.165, 1.54) is 19.1 Å². The van der Waals surface area contributed by atoms with Crippen LogP contribution in [0.2, 0.25) is 0 Å². The molecule has 0 fully saturated rings. The Bertz CT molecular complexity index is 461. The second-order valence-electron chi connectivity index (χ2n) is 3.81. The summed E-state index contributed by atoms with van der Waals surface area (Å²) in [6.45, 7) is -3.46. The molecule has 20 heavy (non-hydrogen) atoms. The summed E-state index contributed by atoms with van der Waals surface area (Å²) in [4.78, 5) is 12.5. The first-order valence-electron chi connectivity index (χ1n) is 5.64. The van der Waals surface area contributed by atoms with Gasteiger partial charge in [-0.15, -0.1) is 0 Å². The molecule has 8 heteroatoms. The fraction of sp³-hybridized carbons (Fsp3) is 0.417. The predicted molar refractivity (Wildman–Crippen MR) is 60.7 cm³/mol. The summed E-state index contributed by atoms with van der Waals surface area (Å²) in [5.74, 6) is -1.46. The first-order valence-corrected chi connectivity index (χ1v) is 5.64. The Kier molecular flexibility index (Phi) is 5.29. The van der Waals surface area contributed by atoms with Crippen LogP contribution in [-0.4, -0.2) is 36.7 Å². The van der Waals surface area contributed by atoms with E-state index < -0.39 is 31.0 Å². The van der Waals surface area contributed by atoms with Gasteiger partial charge in [-0.2, -0.15) is 22.0 Å². The average molecular weight is 297 g/mol. The number of alkyl halides is 5. The molecule has 0 atom stereocenters. The quantitative estimate of drug-likeness (QED) is 0.780. The number of ether oxygens (including phenoxy) is 1. The Morgan fingerprint density at radius 3 is 2.40 bits per heavy atom. The zero-order valence-corrected chi connectivity index (χ0v) is 10.5. The standard InChI is InChI=1S/C12H12F5NO2/c1-2-18(7-12(15,16)17)10(19)8-5-3-4-6-9(8)20-11(13)14/h3-6,11H,2,7H2,1H3. The molecular formula is C12H12F5NO2. The van der Waals surface area contributed by atoms with Crippen LogP contribution < -0.4 is 4.74 Å². The van der Waals surface area contributed by atoms with Crippen molar-refractivity contribution < 1.29 is 31.5 Å². The molecule has 3 nitrogen and oxygen atoms in total. The van der Waals surface area contributed by atoms with Gasteiger partial charge in [-0.05, 0) is 19.1 Å². The first kappa shape index (κ1) is 16.2. The van der Waals surface area contributed by atoms with Gasteiger partial charge >= 0.3 is 12.8 Å². The second kappa shape index (κ2) is 6.53. The molecule has 0 aromatic heterocycles. The molecular weight excluding hydrogens is 285 g/mol. The number of benzene rings is 1. The summed E-state index contributed by atoms with van der Waals surface area (Å²) in [7, 11) is 0. The van der Waals surface area contributed by atoms with Crippen molar-refractivity contribution >= 4 is 5.91 Å². The van der Waals surface area contributed by atoms with Gasteiger partial charge in [0.25, 0.3) is 5.91 Å². The van der Waals surface area contributed by atoms with Crippen LogP contribution in [0.1, 0.15) is 17.3 Å². The zero-order chi connectivity index (χ0) is 15.3. The van der Waals surface area contributed by atoms with E-state index in [4.69, 9.17) is 0 Å². The summed E-state index contributed by atoms with van der Waals surface area (Å²) >= 11 is 0. The minimum atomic E-state index is -4.57. The number of nitrogens with zero attached hydrogens (tertiary/aromatic N) is 1. The van der Waals surface area contributed by atoms with E-state index in [1.807, 2.05) is 0 Å². The maximum Gasteiger partial charge on any atom is 0.406 e. The molecule has 1 amide bonds. The van der Waals surface area contributed by atoms with Gasteiger partial charge in [0.1, 0.15) is 12.3 Å². The normalized spacial score (nSPS) is 11.6. The molecule has 0 radical (unpaired) electrons. The van der Waals surface area contributed by atoms with Gasteiger partial charge in [0.05, 0.1) is 5.56 Å². The third kappa shape index (κ3) is 4.67. The lowest BCUT2D eigenvalue weighted by Gasteiger charge is -2.23. The van der Waals surface area contributed by atoms with E-state index in [-0.39, 0.29) is 12.1 Å². The molecule has 0 spiro atoms. The second-order valence-corrected chi connectivity index (χ2v) is 3.81. The van der Waals surface area contributed by atoms with Gasteiger partial charge in [0.2, 0.25) is 0 Å². The fourth-order valence-electron chi connectivity index (χ4n) is 1.56. The summed E-state index contributed by atoms with van der Waals surface area (Å²) in [6, 6.07) is 4.93. The highest BCUT2D eigenvalue weighted by Gasteiger charge is 2.33. The van der Waals surface area contributed by atoms with Crippen molar-refractivity contribution in [2.45, 2.75) is 19.7 Å². The van der Waals surface area contributed by atoms with E-state index in [9.17, 15) is 26.7 Å². The largest absolute Gasteiger partial charge is 0.434 e. The lowest BCUT2D eigenvalue weighted by molar-refractivity contribution is -0.140. The van der Waals surface area contributed by atoms with Crippen LogP contribution in [0.25, 0.3) is 0 Å². The van der Waals surface area contributed by atoms with Crippen molar-refractivity contribution in [2.75, 3.05) is 13.1 Å². The third-order valence-electron chi connectivity index (χ3n) is 2.37. The lowest BCUT2D eigenvalue weighted by atomic mass is 10.1. The number of hydrogen-bond acceptors (Lipinski definition) is 2. The molecule has 1 aromatic rings. The number of para-hydroxylation sites is 1. The van der Waals surface area contributed by atoms with Crippen LogP contribution in [-0.2, 0) is 0 Å². The molecule has 1 rings (SSSR count). The van der Waals surface area contributed by atoms with Gasteiger partial charge in [-0.25, -0.2) is 0 Å². The Morgan fingerprint density at radius 2 is 1.90 bits per heavy atom. The number of carbonyl (C=O) groups is 1. The van der Waals surface area contributed by atoms with E-state index in [0.717, 1.165) is 12.1 Å². The molecule has 0 saturated carbocycles. The Labute approximate surface area is 111 Å². The van der Waals surface area contributed by atoms with Gasteiger partial charge in [-0.1, -0.05) is 12.1 Å². The Balaban J connectivity index is 3.00. The molecule has 0 aliphatic rings. The van der Waals surface area contributed by atoms with E-state index in [2.05, 4.69) is 4.74 Å². The van der Waals surface area contributed by atoms with Gasteiger partial charge in [0, 0.05) is 6.54 Å². The SMILES string of the molecule is CCN(CC(F)(F)F)C(=O)c1ccccc1OC(F)F. The summed E-state index contributed by atoms with van der Waals surface area (Å²) in [5, 5.41) is 0. The number of hydrogen-bond donors (Lipinski definition) is 0. The highest BCUT2D eigenvalue weighted by atomic mass is 19.4. The number of rotatable bonds is 5. The summed E-state index contributed by atoms with van der Waals surface area (Å²) < 4.78 is 65.5. The highest BCUT2D eigenvalue weighted by molar-refractivity contribution is 5.97. The molecule has 0 bridgehead atoms. The van der Waals surface area contributed by atoms with Crippen LogP contribution in [0.5, 0.6) is 5.75 Å². The molecule has 0 saturated heterocycles. The molecule has 112 valence electrons. The van der Waals surface area contributed by atoms with Crippen molar-refractivity contribution in [2.24, 2.45) is 0 Å². The van der Waals surface area contributed by atoms with Crippen LogP contribution in [0.4, 0.5) is 22.0 Å². The molecule has 1 aromatic carbocycles. The maximum absolute atomic E-state index is 12.3. The van der Waals surface area contributed by atoms with Crippen LogP contribution >= 0.6 is 0 Å². The molecule has 0 aliphatic carbocycles. The zero-order valence-electron chi connectivity index (χ0n) is 10.5. The predicted octanol–water partition coefficient (Wildman–Crippen LogP) is 3.31. The number of halogens is 5. The Hall–Kier alpha value is -1.86. The van der Waals surface area contributed by atoms with E-state index in [1.54, 1.807) is 0 Å². The monoisotopic (exact) mass is 297 g/mol. The number of amides is 1. The van der Waals surface area contributed by atoms with E-state index >= 15 is 0 Å². The smallest absolute Gasteiger partial charge is 0.406 e.